The third-order valence-corrected chi connectivity index (χ3v) is 5.58. The monoisotopic (exact) mass is 440 g/mol. The first-order valence-corrected chi connectivity index (χ1v) is 10.4. The van der Waals surface area contributed by atoms with Crippen molar-refractivity contribution in [1.82, 2.24) is 9.78 Å². The average molecular weight is 440 g/mol. The lowest BCUT2D eigenvalue weighted by Crippen LogP contribution is -2.49. The molecule has 3 aromatic carbocycles. The maximum absolute atomic E-state index is 13.8. The van der Waals surface area contributed by atoms with Crippen LogP contribution in [0.1, 0.15) is 16.1 Å². The Balaban J connectivity index is 1.65. The van der Waals surface area contributed by atoms with Crippen molar-refractivity contribution in [2.24, 2.45) is 5.73 Å². The van der Waals surface area contributed by atoms with Gasteiger partial charge in [-0.25, -0.2) is 4.68 Å². The van der Waals surface area contributed by atoms with Gasteiger partial charge in [0.25, 0.3) is 17.4 Å². The lowest BCUT2D eigenvalue weighted by molar-refractivity contribution is -0.124. The van der Waals surface area contributed by atoms with E-state index in [1.165, 1.54) is 9.58 Å². The van der Waals surface area contributed by atoms with Gasteiger partial charge in [0.15, 0.2) is 11.8 Å². The van der Waals surface area contributed by atoms with Gasteiger partial charge in [0.1, 0.15) is 5.75 Å². The summed E-state index contributed by atoms with van der Waals surface area (Å²) in [4.78, 5) is 40.2. The van der Waals surface area contributed by atoms with Crippen molar-refractivity contribution >= 4 is 28.3 Å². The number of hydrogen-bond donors (Lipinski definition) is 1. The minimum atomic E-state index is -0.995. The van der Waals surface area contributed by atoms with E-state index in [0.717, 1.165) is 5.56 Å². The molecule has 2 N–H and O–H groups in total. The normalized spacial score (nSPS) is 15.0. The van der Waals surface area contributed by atoms with Crippen molar-refractivity contribution in [2.75, 3.05) is 11.4 Å². The number of fused-ring (bicyclic) bond motifs is 2. The number of carbonyl (C=O) groups excluding carboxylic acids is 2. The van der Waals surface area contributed by atoms with Crippen LogP contribution in [-0.2, 0) is 11.3 Å². The number of primary amides is 1. The molecule has 0 unspecified atom stereocenters. The van der Waals surface area contributed by atoms with E-state index in [1.807, 2.05) is 30.3 Å². The standard InChI is InChI=1S/C25H20N4O4/c26-23(30)21-15-28(19-12-6-7-13-20(19)33-21)25(32)22-17-10-4-5-11-18(17)24(31)29(27-22)14-16-8-2-1-3-9-16/h1-13,21H,14-15H2,(H2,26,30)/t21-/m0/s1. The fourth-order valence-corrected chi connectivity index (χ4v) is 3.96. The highest BCUT2D eigenvalue weighted by atomic mass is 16.5. The third kappa shape index (κ3) is 3.71. The summed E-state index contributed by atoms with van der Waals surface area (Å²) in [7, 11) is 0. The molecule has 0 saturated heterocycles. The smallest absolute Gasteiger partial charge is 0.279 e. The maximum atomic E-state index is 13.8. The number of rotatable bonds is 4. The molecule has 33 heavy (non-hydrogen) atoms. The molecule has 0 fully saturated rings. The van der Waals surface area contributed by atoms with Gasteiger partial charge in [0, 0.05) is 5.39 Å². The zero-order valence-electron chi connectivity index (χ0n) is 17.5. The number of carbonyl (C=O) groups is 2. The molecule has 5 rings (SSSR count). The summed E-state index contributed by atoms with van der Waals surface area (Å²) in [6.07, 6.45) is -0.995. The van der Waals surface area contributed by atoms with Gasteiger partial charge in [-0.3, -0.25) is 19.3 Å². The number of hydrogen-bond acceptors (Lipinski definition) is 5. The molecule has 0 spiro atoms. The predicted octanol–water partition coefficient (Wildman–Crippen LogP) is 2.34. The molecule has 2 amide bonds. The molecular formula is C25H20N4O4. The zero-order chi connectivity index (χ0) is 22.9. The van der Waals surface area contributed by atoms with Crippen LogP contribution in [0.3, 0.4) is 0 Å². The second-order valence-electron chi connectivity index (χ2n) is 7.73. The number of amides is 2. The summed E-state index contributed by atoms with van der Waals surface area (Å²) in [5.74, 6) is -0.744. The molecule has 0 saturated carbocycles. The van der Waals surface area contributed by atoms with Crippen LogP contribution in [0.2, 0.25) is 0 Å². The van der Waals surface area contributed by atoms with E-state index in [9.17, 15) is 14.4 Å². The molecule has 1 atom stereocenters. The van der Waals surface area contributed by atoms with E-state index in [4.69, 9.17) is 10.5 Å². The molecular weight excluding hydrogens is 420 g/mol. The maximum Gasteiger partial charge on any atom is 0.279 e. The van der Waals surface area contributed by atoms with E-state index < -0.39 is 17.9 Å². The highest BCUT2D eigenvalue weighted by molar-refractivity contribution is 6.13. The largest absolute Gasteiger partial charge is 0.477 e. The Morgan fingerprint density at radius 3 is 2.36 bits per heavy atom. The van der Waals surface area contributed by atoms with Gasteiger partial charge in [0.05, 0.1) is 24.2 Å². The van der Waals surface area contributed by atoms with Crippen molar-refractivity contribution < 1.29 is 14.3 Å². The van der Waals surface area contributed by atoms with Gasteiger partial charge in [-0.05, 0) is 23.8 Å². The van der Waals surface area contributed by atoms with Crippen LogP contribution in [0.15, 0.2) is 83.7 Å². The van der Waals surface area contributed by atoms with Crippen LogP contribution in [0.4, 0.5) is 5.69 Å². The van der Waals surface area contributed by atoms with E-state index in [0.29, 0.717) is 22.2 Å². The van der Waals surface area contributed by atoms with Crippen molar-refractivity contribution in [3.05, 3.63) is 100 Å². The van der Waals surface area contributed by atoms with Gasteiger partial charge in [-0.15, -0.1) is 0 Å². The van der Waals surface area contributed by atoms with Gasteiger partial charge in [-0.2, -0.15) is 5.10 Å². The number of nitrogens with zero attached hydrogens (tertiary/aromatic N) is 3. The quantitative estimate of drug-likeness (QED) is 0.524. The van der Waals surface area contributed by atoms with Crippen molar-refractivity contribution in [2.45, 2.75) is 12.6 Å². The summed E-state index contributed by atoms with van der Waals surface area (Å²) in [6, 6.07) is 23.2. The zero-order valence-corrected chi connectivity index (χ0v) is 17.5. The second-order valence-corrected chi connectivity index (χ2v) is 7.73. The molecule has 1 aromatic heterocycles. The van der Waals surface area contributed by atoms with Crippen molar-refractivity contribution in [3.63, 3.8) is 0 Å². The number of ether oxygens (including phenoxy) is 1. The van der Waals surface area contributed by atoms with Crippen LogP contribution in [0.25, 0.3) is 10.8 Å². The van der Waals surface area contributed by atoms with Crippen molar-refractivity contribution in [1.29, 1.82) is 0 Å². The number of aromatic nitrogens is 2. The number of nitrogens with two attached hydrogens (primary N) is 1. The second kappa shape index (κ2) is 8.23. The van der Waals surface area contributed by atoms with E-state index in [1.54, 1.807) is 48.5 Å². The number of para-hydroxylation sites is 2. The molecule has 8 heteroatoms. The van der Waals surface area contributed by atoms with Gasteiger partial charge in [-0.1, -0.05) is 60.7 Å². The van der Waals surface area contributed by atoms with Crippen LogP contribution >= 0.6 is 0 Å². The molecule has 1 aliphatic heterocycles. The molecule has 164 valence electrons. The predicted molar refractivity (Wildman–Crippen MR) is 123 cm³/mol. The fourth-order valence-electron chi connectivity index (χ4n) is 3.96. The van der Waals surface area contributed by atoms with Crippen LogP contribution in [-0.4, -0.2) is 34.2 Å². The minimum Gasteiger partial charge on any atom is -0.477 e. The lowest BCUT2D eigenvalue weighted by Gasteiger charge is -2.33. The summed E-state index contributed by atoms with van der Waals surface area (Å²) < 4.78 is 6.97. The van der Waals surface area contributed by atoms with Crippen LogP contribution < -0.4 is 20.9 Å². The highest BCUT2D eigenvalue weighted by Gasteiger charge is 2.34. The Labute approximate surface area is 188 Å². The summed E-state index contributed by atoms with van der Waals surface area (Å²) in [6.45, 7) is 0.160. The molecule has 2 heterocycles. The number of benzene rings is 3. The molecule has 8 nitrogen and oxygen atoms in total. The highest BCUT2D eigenvalue weighted by Crippen LogP contribution is 2.34. The van der Waals surface area contributed by atoms with E-state index >= 15 is 0 Å². The first-order chi connectivity index (χ1) is 16.0. The Hall–Kier alpha value is -4.46. The summed E-state index contributed by atoms with van der Waals surface area (Å²) in [5, 5.41) is 5.30. The fraction of sp³-hybridized carbons (Fsp3) is 0.120. The molecule has 0 bridgehead atoms. The Bertz CT molecular complexity index is 1430. The summed E-state index contributed by atoms with van der Waals surface area (Å²) in [5.41, 5.74) is 6.69. The van der Waals surface area contributed by atoms with Crippen molar-refractivity contribution in [3.8, 4) is 5.75 Å². The van der Waals surface area contributed by atoms with Gasteiger partial charge < -0.3 is 10.5 Å². The Morgan fingerprint density at radius 1 is 0.939 bits per heavy atom. The van der Waals surface area contributed by atoms with Crippen LogP contribution in [0, 0.1) is 0 Å². The molecule has 0 radical (unpaired) electrons. The van der Waals surface area contributed by atoms with E-state index in [2.05, 4.69) is 5.10 Å². The molecule has 1 aliphatic rings. The SMILES string of the molecule is NC(=O)[C@@H]1CN(C(=O)c2nn(Cc3ccccc3)c(=O)c3ccccc23)c2ccccc2O1. The van der Waals surface area contributed by atoms with E-state index in [-0.39, 0.29) is 24.3 Å². The third-order valence-electron chi connectivity index (χ3n) is 5.58. The number of anilines is 1. The average Bonchev–Trinajstić information content (AvgIpc) is 2.85. The molecule has 0 aliphatic carbocycles. The van der Waals surface area contributed by atoms with Gasteiger partial charge >= 0.3 is 0 Å². The Morgan fingerprint density at radius 2 is 1.61 bits per heavy atom. The first kappa shape index (κ1) is 20.4. The topological polar surface area (TPSA) is 108 Å². The minimum absolute atomic E-state index is 0.0565. The van der Waals surface area contributed by atoms with Crippen LogP contribution in [0.5, 0.6) is 5.75 Å². The molecule has 4 aromatic rings. The lowest BCUT2D eigenvalue weighted by atomic mass is 10.1. The van der Waals surface area contributed by atoms with Gasteiger partial charge in [0.2, 0.25) is 0 Å². The Kier molecular flexibility index (Phi) is 5.10. The summed E-state index contributed by atoms with van der Waals surface area (Å²) >= 11 is 0. The first-order valence-electron chi connectivity index (χ1n) is 10.4.